The quantitative estimate of drug-likeness (QED) is 0.442. The number of thioether (sulfide) groups is 1. The largest absolute Gasteiger partial charge is 0.356 e. The zero-order valence-electron chi connectivity index (χ0n) is 18.4. The molecule has 1 saturated heterocycles. The van der Waals surface area contributed by atoms with Gasteiger partial charge < -0.3 is 15.2 Å². The molecule has 4 aromatic heterocycles. The number of aromatic amines is 1. The second-order valence-electron chi connectivity index (χ2n) is 8.82. The zero-order chi connectivity index (χ0) is 21.7. The van der Waals surface area contributed by atoms with Crippen molar-refractivity contribution >= 4 is 39.5 Å². The fourth-order valence-electron chi connectivity index (χ4n) is 4.84. The Morgan fingerprint density at radius 2 is 1.94 bits per heavy atom. The summed E-state index contributed by atoms with van der Waals surface area (Å²) in [5.74, 6) is 2.36. The SMILES string of the molecule is CSc1cc2c(-c3nc(N(C)C4CCNCC4)c4c(C5CC5)cncc4n3)ccnc2[nH]1. The van der Waals surface area contributed by atoms with E-state index in [0.717, 1.165) is 64.7 Å². The molecule has 4 aromatic rings. The molecule has 1 aliphatic carbocycles. The van der Waals surface area contributed by atoms with Crippen LogP contribution in [0.25, 0.3) is 33.3 Å². The van der Waals surface area contributed by atoms with Crippen LogP contribution in [0, 0.1) is 0 Å². The molecule has 8 heteroatoms. The molecule has 0 aromatic carbocycles. The molecular formula is C24H27N7S. The number of rotatable bonds is 5. The van der Waals surface area contributed by atoms with E-state index >= 15 is 0 Å². The number of H-pyrrole nitrogens is 1. The molecule has 0 atom stereocenters. The summed E-state index contributed by atoms with van der Waals surface area (Å²) in [6.07, 6.45) is 12.5. The molecule has 0 spiro atoms. The van der Waals surface area contributed by atoms with E-state index in [1.54, 1.807) is 11.8 Å². The normalized spacial score (nSPS) is 17.3. The molecule has 6 rings (SSSR count). The second-order valence-corrected chi connectivity index (χ2v) is 9.67. The van der Waals surface area contributed by atoms with E-state index in [1.165, 1.54) is 23.8 Å². The van der Waals surface area contributed by atoms with E-state index in [4.69, 9.17) is 9.97 Å². The second kappa shape index (κ2) is 8.01. The predicted molar refractivity (Wildman–Crippen MR) is 130 cm³/mol. The number of hydrogen-bond donors (Lipinski definition) is 2. The summed E-state index contributed by atoms with van der Waals surface area (Å²) in [6.45, 7) is 2.10. The molecule has 2 N–H and O–H groups in total. The number of anilines is 1. The Morgan fingerprint density at radius 1 is 1.09 bits per heavy atom. The Bertz CT molecular complexity index is 1290. The van der Waals surface area contributed by atoms with Gasteiger partial charge in [-0.05, 0) is 68.6 Å². The van der Waals surface area contributed by atoms with Gasteiger partial charge in [0.25, 0.3) is 0 Å². The third kappa shape index (κ3) is 3.42. The number of aromatic nitrogens is 5. The first kappa shape index (κ1) is 19.9. The van der Waals surface area contributed by atoms with Crippen LogP contribution in [0.3, 0.4) is 0 Å². The number of hydrogen-bond acceptors (Lipinski definition) is 7. The van der Waals surface area contributed by atoms with Crippen molar-refractivity contribution in [3.63, 3.8) is 0 Å². The van der Waals surface area contributed by atoms with Crippen LogP contribution < -0.4 is 10.2 Å². The number of nitrogens with zero attached hydrogens (tertiary/aromatic N) is 5. The van der Waals surface area contributed by atoms with E-state index in [0.29, 0.717) is 12.0 Å². The minimum absolute atomic E-state index is 0.468. The Balaban J connectivity index is 1.57. The standard InChI is InChI=1S/C24H27N7S/c1-31(15-5-8-25-9-6-15)24-21-18(14-3-4-14)12-26-13-19(21)28-23(30-24)16-7-10-27-22-17(16)11-20(29-22)32-2/h7,10-15,25H,3-6,8-9H2,1-2H3,(H,27,29). The van der Waals surface area contributed by atoms with Crippen LogP contribution in [0.5, 0.6) is 0 Å². The van der Waals surface area contributed by atoms with Crippen molar-refractivity contribution in [1.82, 2.24) is 30.2 Å². The third-order valence-electron chi connectivity index (χ3n) is 6.79. The molecular weight excluding hydrogens is 418 g/mol. The lowest BCUT2D eigenvalue weighted by molar-refractivity contribution is 0.442. The van der Waals surface area contributed by atoms with Gasteiger partial charge in [0.1, 0.15) is 11.5 Å². The van der Waals surface area contributed by atoms with Crippen LogP contribution in [0.4, 0.5) is 5.82 Å². The lowest BCUT2D eigenvalue weighted by Gasteiger charge is -2.33. The summed E-state index contributed by atoms with van der Waals surface area (Å²) in [5.41, 5.74) is 4.11. The van der Waals surface area contributed by atoms with Crippen LogP contribution in [-0.2, 0) is 0 Å². The lowest BCUT2D eigenvalue weighted by atomic mass is 10.0. The van der Waals surface area contributed by atoms with Crippen LogP contribution in [0.1, 0.15) is 37.2 Å². The maximum atomic E-state index is 5.22. The molecule has 2 aliphatic rings. The molecule has 5 heterocycles. The monoisotopic (exact) mass is 445 g/mol. The molecule has 1 aliphatic heterocycles. The van der Waals surface area contributed by atoms with Gasteiger partial charge in [0.2, 0.25) is 0 Å². The fraction of sp³-hybridized carbons (Fsp3) is 0.417. The number of fused-ring (bicyclic) bond motifs is 2. The molecule has 164 valence electrons. The fourth-order valence-corrected chi connectivity index (χ4v) is 5.28. The molecule has 0 unspecified atom stereocenters. The first-order valence-electron chi connectivity index (χ1n) is 11.3. The number of nitrogens with one attached hydrogen (secondary N) is 2. The van der Waals surface area contributed by atoms with E-state index in [9.17, 15) is 0 Å². The van der Waals surface area contributed by atoms with Gasteiger partial charge >= 0.3 is 0 Å². The van der Waals surface area contributed by atoms with Crippen molar-refractivity contribution in [3.8, 4) is 11.4 Å². The van der Waals surface area contributed by atoms with Gasteiger partial charge in [-0.1, -0.05) is 0 Å². The van der Waals surface area contributed by atoms with Gasteiger partial charge in [-0.2, -0.15) is 0 Å². The Labute approximate surface area is 191 Å². The zero-order valence-corrected chi connectivity index (χ0v) is 19.2. The average Bonchev–Trinajstić information content (AvgIpc) is 3.60. The van der Waals surface area contributed by atoms with E-state index in [-0.39, 0.29) is 0 Å². The maximum absolute atomic E-state index is 5.22. The summed E-state index contributed by atoms with van der Waals surface area (Å²) >= 11 is 1.68. The average molecular weight is 446 g/mol. The van der Waals surface area contributed by atoms with Crippen LogP contribution in [0.2, 0.25) is 0 Å². The van der Waals surface area contributed by atoms with Crippen LogP contribution >= 0.6 is 11.8 Å². The highest BCUT2D eigenvalue weighted by atomic mass is 32.2. The van der Waals surface area contributed by atoms with Crippen molar-refractivity contribution in [2.45, 2.75) is 42.7 Å². The first-order valence-corrected chi connectivity index (χ1v) is 12.6. The van der Waals surface area contributed by atoms with E-state index in [1.807, 2.05) is 24.7 Å². The third-order valence-corrected chi connectivity index (χ3v) is 7.45. The molecule has 2 fully saturated rings. The molecule has 7 nitrogen and oxygen atoms in total. The smallest absolute Gasteiger partial charge is 0.163 e. The lowest BCUT2D eigenvalue weighted by Crippen LogP contribution is -2.41. The van der Waals surface area contributed by atoms with Crippen LogP contribution in [0.15, 0.2) is 35.7 Å². The van der Waals surface area contributed by atoms with Crippen molar-refractivity contribution in [1.29, 1.82) is 0 Å². The van der Waals surface area contributed by atoms with Crippen molar-refractivity contribution in [2.75, 3.05) is 31.3 Å². The van der Waals surface area contributed by atoms with Gasteiger partial charge in [-0.3, -0.25) is 4.98 Å². The maximum Gasteiger partial charge on any atom is 0.163 e. The molecule has 0 amide bonds. The summed E-state index contributed by atoms with van der Waals surface area (Å²) in [6, 6.07) is 4.63. The minimum Gasteiger partial charge on any atom is -0.356 e. The van der Waals surface area contributed by atoms with Gasteiger partial charge in [0.15, 0.2) is 5.82 Å². The highest BCUT2D eigenvalue weighted by Crippen LogP contribution is 2.45. The van der Waals surface area contributed by atoms with Gasteiger partial charge in [-0.25, -0.2) is 15.0 Å². The Hall–Kier alpha value is -2.71. The van der Waals surface area contributed by atoms with Crippen molar-refractivity contribution in [2.24, 2.45) is 0 Å². The molecule has 32 heavy (non-hydrogen) atoms. The van der Waals surface area contributed by atoms with Crippen molar-refractivity contribution < 1.29 is 0 Å². The molecule has 0 bridgehead atoms. The van der Waals surface area contributed by atoms with Gasteiger partial charge in [-0.15, -0.1) is 11.8 Å². The number of piperidine rings is 1. The molecule has 1 saturated carbocycles. The Morgan fingerprint density at radius 3 is 2.72 bits per heavy atom. The first-order chi connectivity index (χ1) is 15.7. The highest BCUT2D eigenvalue weighted by Gasteiger charge is 2.30. The van der Waals surface area contributed by atoms with Gasteiger partial charge in [0.05, 0.1) is 16.7 Å². The Kier molecular flexibility index (Phi) is 4.99. The molecule has 0 radical (unpaired) electrons. The highest BCUT2D eigenvalue weighted by molar-refractivity contribution is 7.98. The predicted octanol–water partition coefficient (Wildman–Crippen LogP) is 4.36. The topological polar surface area (TPSA) is 82.6 Å². The van der Waals surface area contributed by atoms with E-state index in [2.05, 4.69) is 44.5 Å². The minimum atomic E-state index is 0.468. The summed E-state index contributed by atoms with van der Waals surface area (Å²) in [5, 5.41) is 6.80. The summed E-state index contributed by atoms with van der Waals surface area (Å²) < 4.78 is 0. The van der Waals surface area contributed by atoms with Gasteiger partial charge in [0, 0.05) is 41.8 Å². The number of pyridine rings is 2. The van der Waals surface area contributed by atoms with E-state index < -0.39 is 0 Å². The van der Waals surface area contributed by atoms with Crippen molar-refractivity contribution in [3.05, 3.63) is 36.3 Å². The summed E-state index contributed by atoms with van der Waals surface area (Å²) in [4.78, 5) is 25.1. The summed E-state index contributed by atoms with van der Waals surface area (Å²) in [7, 11) is 2.20. The van der Waals surface area contributed by atoms with Crippen LogP contribution in [-0.4, -0.2) is 57.4 Å².